The fraction of sp³-hybridized carbons (Fsp3) is 0.105. The number of sulfone groups is 1. The third-order valence-electron chi connectivity index (χ3n) is 4.73. The summed E-state index contributed by atoms with van der Waals surface area (Å²) >= 11 is 0. The van der Waals surface area contributed by atoms with Gasteiger partial charge in [0.2, 0.25) is 19.9 Å². The highest BCUT2D eigenvalue weighted by Gasteiger charge is 2.28. The molecule has 0 saturated heterocycles. The predicted octanol–water partition coefficient (Wildman–Crippen LogP) is 1.95. The molecule has 0 atom stereocenters. The van der Waals surface area contributed by atoms with Crippen LogP contribution in [0.3, 0.4) is 0 Å². The van der Waals surface area contributed by atoms with Crippen molar-refractivity contribution in [1.29, 1.82) is 0 Å². The number of pyridine rings is 1. The van der Waals surface area contributed by atoms with E-state index in [2.05, 4.69) is 10.0 Å². The second kappa shape index (κ2) is 6.82. The summed E-state index contributed by atoms with van der Waals surface area (Å²) in [5, 5.41) is 14.3. The molecule has 0 saturated carbocycles. The summed E-state index contributed by atoms with van der Waals surface area (Å²) in [5.41, 5.74) is -0.831. The number of aromatic nitrogens is 1. The van der Waals surface area contributed by atoms with Crippen LogP contribution in [-0.2, 0) is 26.9 Å². The molecule has 2 heterocycles. The molecule has 0 fully saturated rings. The predicted molar refractivity (Wildman–Crippen MR) is 115 cm³/mol. The highest BCUT2D eigenvalue weighted by atomic mass is 32.2. The van der Waals surface area contributed by atoms with Crippen molar-refractivity contribution in [2.75, 3.05) is 16.3 Å². The van der Waals surface area contributed by atoms with Gasteiger partial charge in [-0.3, -0.25) is 9.52 Å². The highest BCUT2D eigenvalue weighted by molar-refractivity contribution is 7.94. The molecule has 31 heavy (non-hydrogen) atoms. The summed E-state index contributed by atoms with van der Waals surface area (Å²) in [6.45, 7) is 0. The zero-order chi connectivity index (χ0) is 22.7. The number of anilines is 2. The van der Waals surface area contributed by atoms with Crippen LogP contribution in [0, 0.1) is 5.82 Å². The third-order valence-corrected chi connectivity index (χ3v) is 6.84. The molecule has 0 bridgehead atoms. The lowest BCUT2D eigenvalue weighted by Gasteiger charge is -2.21. The van der Waals surface area contributed by atoms with Crippen molar-refractivity contribution in [3.05, 3.63) is 63.5 Å². The second-order valence-corrected chi connectivity index (χ2v) is 10.5. The molecule has 3 aromatic rings. The van der Waals surface area contributed by atoms with E-state index in [4.69, 9.17) is 0 Å². The maximum Gasteiger partial charge on any atom is 0.263 e. The molecule has 12 heteroatoms. The topological polar surface area (TPSA) is 135 Å². The van der Waals surface area contributed by atoms with Crippen molar-refractivity contribution in [2.24, 2.45) is 7.05 Å². The van der Waals surface area contributed by atoms with Crippen molar-refractivity contribution in [3.63, 3.8) is 0 Å². The van der Waals surface area contributed by atoms with Crippen molar-refractivity contribution in [2.45, 2.75) is 4.90 Å². The Morgan fingerprint density at radius 3 is 2.55 bits per heavy atom. The van der Waals surface area contributed by atoms with E-state index in [-0.39, 0.29) is 38.4 Å². The van der Waals surface area contributed by atoms with Gasteiger partial charge in [-0.2, -0.15) is 0 Å². The Morgan fingerprint density at radius 1 is 1.16 bits per heavy atom. The van der Waals surface area contributed by atoms with Gasteiger partial charge in [0, 0.05) is 18.1 Å². The van der Waals surface area contributed by atoms with E-state index < -0.39 is 37.0 Å². The Kier molecular flexibility index (Phi) is 4.59. The minimum absolute atomic E-state index is 0.0377. The Hall–Kier alpha value is -3.38. The normalized spacial score (nSPS) is 15.1. The molecule has 162 valence electrons. The molecular weight excluding hydrogens is 449 g/mol. The standard InChI is InChI=1S/C19H16FN3O6S2/c1-23-15-6-3-10(20)7-12(15)18(24)17(19(23)25)14-9-31(28,29)16-8-11(22-30(2,26)27)4-5-13(16)21-14/h3-9,21-22,24H,1-2H3. The first-order valence-electron chi connectivity index (χ1n) is 8.74. The first-order chi connectivity index (χ1) is 14.4. The van der Waals surface area contributed by atoms with Gasteiger partial charge in [-0.25, -0.2) is 21.2 Å². The van der Waals surface area contributed by atoms with Crippen molar-refractivity contribution < 1.29 is 26.3 Å². The molecule has 0 amide bonds. The number of fused-ring (bicyclic) bond motifs is 2. The lowest BCUT2D eigenvalue weighted by Crippen LogP contribution is -2.25. The summed E-state index contributed by atoms with van der Waals surface area (Å²) < 4.78 is 65.7. The van der Waals surface area contributed by atoms with Crippen LogP contribution in [0.15, 0.2) is 51.5 Å². The van der Waals surface area contributed by atoms with Gasteiger partial charge in [0.05, 0.1) is 33.5 Å². The fourth-order valence-corrected chi connectivity index (χ4v) is 5.29. The minimum atomic E-state index is -4.12. The van der Waals surface area contributed by atoms with Crippen LogP contribution in [0.25, 0.3) is 16.6 Å². The van der Waals surface area contributed by atoms with Gasteiger partial charge in [0.1, 0.15) is 17.1 Å². The maximum atomic E-state index is 13.7. The second-order valence-electron chi connectivity index (χ2n) is 7.04. The lowest BCUT2D eigenvalue weighted by atomic mass is 10.1. The molecular formula is C19H16FN3O6S2. The first kappa shape index (κ1) is 20.9. The maximum absolute atomic E-state index is 13.7. The molecule has 0 unspecified atom stereocenters. The number of aryl methyl sites for hydroxylation is 1. The number of hydrogen-bond acceptors (Lipinski definition) is 7. The third kappa shape index (κ3) is 3.64. The molecule has 1 aromatic heterocycles. The van der Waals surface area contributed by atoms with E-state index in [1.54, 1.807) is 0 Å². The van der Waals surface area contributed by atoms with Gasteiger partial charge < -0.3 is 15.0 Å². The summed E-state index contributed by atoms with van der Waals surface area (Å²) in [5.74, 6) is -1.20. The van der Waals surface area contributed by atoms with E-state index in [9.17, 15) is 31.1 Å². The van der Waals surface area contributed by atoms with E-state index in [0.29, 0.717) is 0 Å². The number of nitrogens with zero attached hydrogens (tertiary/aromatic N) is 1. The molecule has 9 nitrogen and oxygen atoms in total. The summed E-state index contributed by atoms with van der Waals surface area (Å²) in [4.78, 5) is 12.7. The van der Waals surface area contributed by atoms with Gasteiger partial charge in [0.15, 0.2) is 0 Å². The monoisotopic (exact) mass is 465 g/mol. The quantitative estimate of drug-likeness (QED) is 0.538. The van der Waals surface area contributed by atoms with Crippen molar-refractivity contribution >= 4 is 47.8 Å². The Bertz CT molecular complexity index is 1570. The number of nitrogens with one attached hydrogen (secondary N) is 2. The lowest BCUT2D eigenvalue weighted by molar-refractivity contribution is 0.477. The fourth-order valence-electron chi connectivity index (χ4n) is 3.40. The first-order valence-corrected chi connectivity index (χ1v) is 12.2. The highest BCUT2D eigenvalue weighted by Crippen LogP contribution is 2.38. The van der Waals surface area contributed by atoms with Crippen LogP contribution in [-0.4, -0.2) is 32.8 Å². The molecule has 0 aliphatic carbocycles. The molecule has 3 N–H and O–H groups in total. The Labute approximate surface area is 176 Å². The molecule has 0 spiro atoms. The van der Waals surface area contributed by atoms with Crippen LogP contribution in [0.4, 0.5) is 15.8 Å². The van der Waals surface area contributed by atoms with Gasteiger partial charge in [0.25, 0.3) is 5.56 Å². The number of rotatable bonds is 3. The summed E-state index contributed by atoms with van der Waals surface area (Å²) in [7, 11) is -6.32. The van der Waals surface area contributed by atoms with Gasteiger partial charge >= 0.3 is 0 Å². The molecule has 1 aliphatic heterocycles. The van der Waals surface area contributed by atoms with Crippen LogP contribution >= 0.6 is 0 Å². The number of halogens is 1. The summed E-state index contributed by atoms with van der Waals surface area (Å²) in [6, 6.07) is 7.33. The van der Waals surface area contributed by atoms with Crippen LogP contribution in [0.1, 0.15) is 5.56 Å². The Morgan fingerprint density at radius 2 is 1.87 bits per heavy atom. The molecule has 0 radical (unpaired) electrons. The van der Waals surface area contributed by atoms with E-state index in [1.165, 1.54) is 29.8 Å². The van der Waals surface area contributed by atoms with Crippen LogP contribution < -0.4 is 15.6 Å². The van der Waals surface area contributed by atoms with E-state index in [0.717, 1.165) is 29.9 Å². The van der Waals surface area contributed by atoms with E-state index >= 15 is 0 Å². The van der Waals surface area contributed by atoms with Crippen molar-refractivity contribution in [3.8, 4) is 5.75 Å². The van der Waals surface area contributed by atoms with E-state index in [1.807, 2.05) is 0 Å². The molecule has 1 aliphatic rings. The molecule has 2 aromatic carbocycles. The largest absolute Gasteiger partial charge is 0.506 e. The number of hydrogen-bond donors (Lipinski definition) is 3. The Balaban J connectivity index is 1.91. The number of sulfonamides is 1. The number of benzene rings is 2. The van der Waals surface area contributed by atoms with Gasteiger partial charge in [-0.15, -0.1) is 0 Å². The SMILES string of the molecule is Cn1c(=O)c(C2=CS(=O)(=O)c3cc(NS(C)(=O)=O)ccc3N2)c(O)c2cc(F)ccc21. The smallest absolute Gasteiger partial charge is 0.263 e. The zero-order valence-electron chi connectivity index (χ0n) is 16.2. The van der Waals surface area contributed by atoms with Crippen LogP contribution in [0.2, 0.25) is 0 Å². The van der Waals surface area contributed by atoms with Gasteiger partial charge in [-0.05, 0) is 36.4 Å². The van der Waals surface area contributed by atoms with Crippen LogP contribution in [0.5, 0.6) is 5.75 Å². The average Bonchev–Trinajstić information content (AvgIpc) is 2.65. The minimum Gasteiger partial charge on any atom is -0.506 e. The van der Waals surface area contributed by atoms with Crippen molar-refractivity contribution in [1.82, 2.24) is 4.57 Å². The molecule has 4 rings (SSSR count). The number of aromatic hydroxyl groups is 1. The average molecular weight is 465 g/mol. The van der Waals surface area contributed by atoms with Gasteiger partial charge in [-0.1, -0.05) is 0 Å². The summed E-state index contributed by atoms with van der Waals surface area (Å²) in [6.07, 6.45) is 0.929. The zero-order valence-corrected chi connectivity index (χ0v) is 17.8.